The summed E-state index contributed by atoms with van der Waals surface area (Å²) in [6.45, 7) is 4.10. The Morgan fingerprint density at radius 3 is 2.45 bits per heavy atom. The molecule has 0 fully saturated rings. The molecule has 1 aromatic carbocycles. The molecule has 0 radical (unpaired) electrons. The van der Waals surface area contributed by atoms with Gasteiger partial charge in [0.2, 0.25) is 0 Å². The lowest BCUT2D eigenvalue weighted by atomic mass is 10.2. The fraction of sp³-hybridized carbons (Fsp3) is 0.462. The molecule has 0 spiro atoms. The normalized spacial score (nSPS) is 13.1. The summed E-state index contributed by atoms with van der Waals surface area (Å²) in [7, 11) is 0. The van der Waals surface area contributed by atoms with Gasteiger partial charge in [0.15, 0.2) is 0 Å². The van der Waals surface area contributed by atoms with Crippen molar-refractivity contribution < 1.29 is 22.7 Å². The third-order valence-corrected chi connectivity index (χ3v) is 3.15. The number of carbonyl (C=O) groups excluding carboxylic acids is 1. The van der Waals surface area contributed by atoms with Crippen LogP contribution >= 0.6 is 11.8 Å². The number of ether oxygens (including phenoxy) is 1. The van der Waals surface area contributed by atoms with Crippen LogP contribution in [0.1, 0.15) is 19.4 Å². The molecule has 0 amide bonds. The van der Waals surface area contributed by atoms with Crippen molar-refractivity contribution in [3.8, 4) is 0 Å². The molecule has 0 aliphatic carbocycles. The molecule has 0 saturated heterocycles. The van der Waals surface area contributed by atoms with Gasteiger partial charge in [0, 0.05) is 11.4 Å². The Kier molecular flexibility index (Phi) is 6.35. The summed E-state index contributed by atoms with van der Waals surface area (Å²) in [5.74, 6) is -0.350. The molecule has 0 aliphatic heterocycles. The largest absolute Gasteiger partial charge is 0.465 e. The third kappa shape index (κ3) is 6.29. The molecule has 1 rings (SSSR count). The minimum absolute atomic E-state index is 0.139. The van der Waals surface area contributed by atoms with Gasteiger partial charge in [-0.05, 0) is 43.3 Å². The summed E-state index contributed by atoms with van der Waals surface area (Å²) in [6, 6.07) is 5.55. The van der Waals surface area contributed by atoms with Gasteiger partial charge in [-0.1, -0.05) is 12.1 Å². The van der Waals surface area contributed by atoms with Gasteiger partial charge in [-0.25, -0.2) is 0 Å². The Hall–Kier alpha value is -1.21. The second-order valence-corrected chi connectivity index (χ2v) is 5.18. The third-order valence-electron chi connectivity index (χ3n) is 2.41. The van der Waals surface area contributed by atoms with Gasteiger partial charge >= 0.3 is 11.5 Å². The molecular formula is C13H16F3NO2S. The molecule has 3 nitrogen and oxygen atoms in total. The minimum atomic E-state index is -4.28. The zero-order valence-corrected chi connectivity index (χ0v) is 12.0. The Bertz CT molecular complexity index is 434. The summed E-state index contributed by atoms with van der Waals surface area (Å²) in [5.41, 5.74) is -3.48. The first kappa shape index (κ1) is 16.8. The molecule has 0 saturated carbocycles. The van der Waals surface area contributed by atoms with Crippen LogP contribution in [0.4, 0.5) is 13.2 Å². The van der Waals surface area contributed by atoms with E-state index in [1.807, 2.05) is 0 Å². The highest BCUT2D eigenvalue weighted by molar-refractivity contribution is 8.00. The Morgan fingerprint density at radius 1 is 1.35 bits per heavy atom. The topological polar surface area (TPSA) is 38.3 Å². The molecule has 1 atom stereocenters. The highest BCUT2D eigenvalue weighted by Crippen LogP contribution is 2.36. The van der Waals surface area contributed by atoms with E-state index < -0.39 is 11.6 Å². The fourth-order valence-electron chi connectivity index (χ4n) is 1.43. The standard InChI is InChI=1S/C13H16F3NO2S/c1-3-19-12(18)9(2)17-8-10-4-6-11(7-5-10)20-13(14,15)16/h4-7,9,17H,3,8H2,1-2H3. The number of thioether (sulfide) groups is 1. The van der Waals surface area contributed by atoms with E-state index in [-0.39, 0.29) is 22.6 Å². The molecule has 0 aliphatic rings. The van der Waals surface area contributed by atoms with Gasteiger partial charge in [-0.2, -0.15) is 13.2 Å². The lowest BCUT2D eigenvalue weighted by Crippen LogP contribution is -2.34. The van der Waals surface area contributed by atoms with Crippen molar-refractivity contribution in [3.63, 3.8) is 0 Å². The van der Waals surface area contributed by atoms with Gasteiger partial charge in [0.25, 0.3) is 0 Å². The quantitative estimate of drug-likeness (QED) is 0.646. The first-order valence-electron chi connectivity index (χ1n) is 6.06. The Labute approximate surface area is 119 Å². The van der Waals surface area contributed by atoms with Crippen molar-refractivity contribution in [2.24, 2.45) is 0 Å². The van der Waals surface area contributed by atoms with Gasteiger partial charge < -0.3 is 10.1 Å². The number of rotatable bonds is 6. The van der Waals surface area contributed by atoms with Crippen molar-refractivity contribution in [1.29, 1.82) is 0 Å². The monoisotopic (exact) mass is 307 g/mol. The van der Waals surface area contributed by atoms with Crippen molar-refractivity contribution in [2.45, 2.75) is 36.8 Å². The predicted octanol–water partition coefficient (Wildman–Crippen LogP) is 3.34. The Morgan fingerprint density at radius 2 is 1.95 bits per heavy atom. The van der Waals surface area contributed by atoms with E-state index in [2.05, 4.69) is 5.32 Å². The van der Waals surface area contributed by atoms with Crippen LogP contribution in [-0.4, -0.2) is 24.1 Å². The molecule has 0 aromatic heterocycles. The zero-order valence-electron chi connectivity index (χ0n) is 11.2. The smallest absolute Gasteiger partial charge is 0.446 e. The van der Waals surface area contributed by atoms with Crippen LogP contribution in [0.15, 0.2) is 29.2 Å². The van der Waals surface area contributed by atoms with Crippen molar-refractivity contribution in [2.75, 3.05) is 6.61 Å². The first-order chi connectivity index (χ1) is 9.31. The van der Waals surface area contributed by atoms with Gasteiger partial charge in [-0.15, -0.1) is 0 Å². The molecule has 0 heterocycles. The van der Waals surface area contributed by atoms with Crippen LogP contribution in [0.2, 0.25) is 0 Å². The van der Waals surface area contributed by atoms with Gasteiger partial charge in [0.05, 0.1) is 6.61 Å². The first-order valence-corrected chi connectivity index (χ1v) is 6.88. The fourth-order valence-corrected chi connectivity index (χ4v) is 1.97. The summed E-state index contributed by atoms with van der Waals surface area (Å²) in [6.07, 6.45) is 0. The number of benzene rings is 1. The maximum atomic E-state index is 12.2. The summed E-state index contributed by atoms with van der Waals surface area (Å²) in [5, 5.41) is 2.95. The number of nitrogens with one attached hydrogen (secondary N) is 1. The van der Waals surface area contributed by atoms with E-state index in [9.17, 15) is 18.0 Å². The second-order valence-electron chi connectivity index (χ2n) is 4.05. The van der Waals surface area contributed by atoms with E-state index in [1.165, 1.54) is 12.1 Å². The van der Waals surface area contributed by atoms with Crippen LogP contribution in [0, 0.1) is 0 Å². The SMILES string of the molecule is CCOC(=O)C(C)NCc1ccc(SC(F)(F)F)cc1. The van der Waals surface area contributed by atoms with E-state index >= 15 is 0 Å². The molecule has 1 unspecified atom stereocenters. The second kappa shape index (κ2) is 7.54. The minimum Gasteiger partial charge on any atom is -0.465 e. The van der Waals surface area contributed by atoms with E-state index in [0.717, 1.165) is 5.56 Å². The van der Waals surface area contributed by atoms with Crippen LogP contribution in [-0.2, 0) is 16.1 Å². The van der Waals surface area contributed by atoms with Gasteiger partial charge in [0.1, 0.15) is 6.04 Å². The highest BCUT2D eigenvalue weighted by Gasteiger charge is 2.28. The van der Waals surface area contributed by atoms with Crippen LogP contribution in [0.3, 0.4) is 0 Å². The summed E-state index contributed by atoms with van der Waals surface area (Å²) in [4.78, 5) is 11.5. The van der Waals surface area contributed by atoms with E-state index in [4.69, 9.17) is 4.74 Å². The molecule has 0 bridgehead atoms. The Balaban J connectivity index is 2.48. The number of alkyl halides is 3. The number of halogens is 3. The summed E-state index contributed by atoms with van der Waals surface area (Å²) >= 11 is -0.149. The van der Waals surface area contributed by atoms with Gasteiger partial charge in [-0.3, -0.25) is 4.79 Å². The molecule has 7 heteroatoms. The van der Waals surface area contributed by atoms with E-state index in [0.29, 0.717) is 13.2 Å². The van der Waals surface area contributed by atoms with Crippen molar-refractivity contribution >= 4 is 17.7 Å². The summed E-state index contributed by atoms with van der Waals surface area (Å²) < 4.78 is 41.3. The number of hydrogen-bond donors (Lipinski definition) is 1. The maximum absolute atomic E-state index is 12.2. The maximum Gasteiger partial charge on any atom is 0.446 e. The lowest BCUT2D eigenvalue weighted by Gasteiger charge is -2.12. The van der Waals surface area contributed by atoms with E-state index in [1.54, 1.807) is 26.0 Å². The molecule has 1 N–H and O–H groups in total. The number of carbonyl (C=O) groups is 1. The molecule has 1 aromatic rings. The number of hydrogen-bond acceptors (Lipinski definition) is 4. The van der Waals surface area contributed by atoms with Crippen molar-refractivity contribution in [1.82, 2.24) is 5.32 Å². The zero-order chi connectivity index (χ0) is 15.2. The van der Waals surface area contributed by atoms with Crippen LogP contribution in [0.25, 0.3) is 0 Å². The highest BCUT2D eigenvalue weighted by atomic mass is 32.2. The average molecular weight is 307 g/mol. The lowest BCUT2D eigenvalue weighted by molar-refractivity contribution is -0.145. The predicted molar refractivity (Wildman–Crippen MR) is 71.3 cm³/mol. The van der Waals surface area contributed by atoms with Crippen molar-refractivity contribution in [3.05, 3.63) is 29.8 Å². The molecule has 20 heavy (non-hydrogen) atoms. The molecular weight excluding hydrogens is 291 g/mol. The van der Waals surface area contributed by atoms with Crippen LogP contribution < -0.4 is 5.32 Å². The number of esters is 1. The van der Waals surface area contributed by atoms with Crippen LogP contribution in [0.5, 0.6) is 0 Å². The molecule has 112 valence electrons. The average Bonchev–Trinajstić information content (AvgIpc) is 2.36.